The number of hydrogen-bond donors (Lipinski definition) is 2. The zero-order valence-corrected chi connectivity index (χ0v) is 12.3. The second kappa shape index (κ2) is 5.13. The Morgan fingerprint density at radius 3 is 2.82 bits per heavy atom. The number of aromatic nitrogens is 4. The number of anilines is 1. The van der Waals surface area contributed by atoms with Gasteiger partial charge in [0.15, 0.2) is 0 Å². The van der Waals surface area contributed by atoms with E-state index in [2.05, 4.69) is 26.8 Å². The fraction of sp³-hybridized carbons (Fsp3) is 0.188. The van der Waals surface area contributed by atoms with E-state index in [1.165, 1.54) is 0 Å². The van der Waals surface area contributed by atoms with Gasteiger partial charge in [-0.1, -0.05) is 5.92 Å². The molecule has 0 unspecified atom stereocenters. The molecule has 6 heteroatoms. The Kier molecular flexibility index (Phi) is 3.28. The minimum absolute atomic E-state index is 0.218. The summed E-state index contributed by atoms with van der Waals surface area (Å²) < 4.78 is 1.89. The van der Waals surface area contributed by atoms with Crippen molar-refractivity contribution in [3.05, 3.63) is 42.5 Å². The maximum Gasteiger partial charge on any atom is 0.221 e. The summed E-state index contributed by atoms with van der Waals surface area (Å²) in [6.07, 6.45) is 5.24. The van der Waals surface area contributed by atoms with Gasteiger partial charge in [-0.05, 0) is 38.0 Å². The summed E-state index contributed by atoms with van der Waals surface area (Å²) in [6.45, 7) is 3.26. The molecule has 0 atom stereocenters. The molecule has 0 aromatic carbocycles. The number of aliphatic hydroxyl groups is 1. The molecule has 0 radical (unpaired) electrons. The molecular formula is C16H15N5O. The Balaban J connectivity index is 2.11. The summed E-state index contributed by atoms with van der Waals surface area (Å²) in [6, 6.07) is 5.57. The van der Waals surface area contributed by atoms with Crippen molar-refractivity contribution in [1.29, 1.82) is 0 Å². The molecule has 3 N–H and O–H groups in total. The second-order valence-electron chi connectivity index (χ2n) is 5.40. The van der Waals surface area contributed by atoms with E-state index in [4.69, 9.17) is 5.73 Å². The first-order chi connectivity index (χ1) is 10.4. The zero-order chi connectivity index (χ0) is 15.7. The zero-order valence-electron chi connectivity index (χ0n) is 12.3. The smallest absolute Gasteiger partial charge is 0.221 e. The minimum Gasteiger partial charge on any atom is -0.378 e. The molecule has 0 spiro atoms. The SMILES string of the molecule is CC(C)(O)C#Cc1cc2c(ccn2-c2ccnc(N)n2)cn1. The maximum absolute atomic E-state index is 9.68. The molecule has 3 aromatic rings. The van der Waals surface area contributed by atoms with Crippen LogP contribution in [0.15, 0.2) is 36.8 Å². The van der Waals surface area contributed by atoms with E-state index in [0.29, 0.717) is 11.5 Å². The molecular weight excluding hydrogens is 278 g/mol. The van der Waals surface area contributed by atoms with Crippen molar-refractivity contribution < 1.29 is 5.11 Å². The van der Waals surface area contributed by atoms with Crippen LogP contribution >= 0.6 is 0 Å². The van der Waals surface area contributed by atoms with E-state index in [0.717, 1.165) is 10.9 Å². The van der Waals surface area contributed by atoms with Crippen LogP contribution in [-0.4, -0.2) is 30.2 Å². The number of nitrogens with two attached hydrogens (primary N) is 1. The van der Waals surface area contributed by atoms with Gasteiger partial charge in [0.05, 0.1) is 5.52 Å². The predicted octanol–water partition coefficient (Wildman–Crippen LogP) is 1.52. The van der Waals surface area contributed by atoms with E-state index >= 15 is 0 Å². The third-order valence-corrected chi connectivity index (χ3v) is 2.98. The van der Waals surface area contributed by atoms with Gasteiger partial charge in [0, 0.05) is 24.0 Å². The van der Waals surface area contributed by atoms with Gasteiger partial charge in [-0.15, -0.1) is 0 Å². The highest BCUT2D eigenvalue weighted by Crippen LogP contribution is 2.19. The molecule has 3 heterocycles. The Morgan fingerprint density at radius 1 is 1.27 bits per heavy atom. The van der Waals surface area contributed by atoms with E-state index < -0.39 is 5.60 Å². The summed E-state index contributed by atoms with van der Waals surface area (Å²) in [5, 5.41) is 10.6. The highest BCUT2D eigenvalue weighted by Gasteiger charge is 2.08. The van der Waals surface area contributed by atoms with Crippen LogP contribution in [0.5, 0.6) is 0 Å². The van der Waals surface area contributed by atoms with Gasteiger partial charge in [-0.3, -0.25) is 0 Å². The fourth-order valence-electron chi connectivity index (χ4n) is 2.01. The van der Waals surface area contributed by atoms with Crippen LogP contribution in [-0.2, 0) is 0 Å². The third-order valence-electron chi connectivity index (χ3n) is 2.98. The Labute approximate surface area is 127 Å². The van der Waals surface area contributed by atoms with E-state index in [9.17, 15) is 5.11 Å². The van der Waals surface area contributed by atoms with Crippen LogP contribution in [0.4, 0.5) is 5.95 Å². The van der Waals surface area contributed by atoms with Crippen LogP contribution in [0, 0.1) is 11.8 Å². The molecule has 0 fully saturated rings. The first kappa shape index (κ1) is 14.0. The second-order valence-corrected chi connectivity index (χ2v) is 5.40. The van der Waals surface area contributed by atoms with Gasteiger partial charge in [0.1, 0.15) is 17.1 Å². The van der Waals surface area contributed by atoms with Crippen LogP contribution in [0.25, 0.3) is 16.7 Å². The average Bonchev–Trinajstić information content (AvgIpc) is 2.87. The van der Waals surface area contributed by atoms with E-state index in [1.807, 2.05) is 22.9 Å². The van der Waals surface area contributed by atoms with Crippen LogP contribution < -0.4 is 5.73 Å². The van der Waals surface area contributed by atoms with Gasteiger partial charge in [-0.2, -0.15) is 4.98 Å². The van der Waals surface area contributed by atoms with Crippen molar-refractivity contribution in [3.8, 4) is 17.7 Å². The van der Waals surface area contributed by atoms with Gasteiger partial charge >= 0.3 is 0 Å². The molecule has 0 aliphatic heterocycles. The lowest BCUT2D eigenvalue weighted by Crippen LogP contribution is -2.14. The van der Waals surface area contributed by atoms with Gasteiger partial charge in [-0.25, -0.2) is 9.97 Å². The minimum atomic E-state index is -1.06. The van der Waals surface area contributed by atoms with Gasteiger partial charge in [0.25, 0.3) is 0 Å². The topological polar surface area (TPSA) is 89.8 Å². The molecule has 0 saturated heterocycles. The molecule has 6 nitrogen and oxygen atoms in total. The molecule has 3 rings (SSSR count). The highest BCUT2D eigenvalue weighted by molar-refractivity contribution is 5.81. The lowest BCUT2D eigenvalue weighted by Gasteiger charge is -2.06. The molecule has 0 aliphatic rings. The summed E-state index contributed by atoms with van der Waals surface area (Å²) in [5.74, 6) is 6.52. The first-order valence-corrected chi connectivity index (χ1v) is 6.74. The molecule has 0 aliphatic carbocycles. The lowest BCUT2D eigenvalue weighted by atomic mass is 10.1. The summed E-state index contributed by atoms with van der Waals surface area (Å²) in [7, 11) is 0. The lowest BCUT2D eigenvalue weighted by molar-refractivity contribution is 0.143. The summed E-state index contributed by atoms with van der Waals surface area (Å²) in [5.41, 5.74) is 6.07. The molecule has 0 bridgehead atoms. The molecule has 3 aromatic heterocycles. The molecule has 22 heavy (non-hydrogen) atoms. The van der Waals surface area contributed by atoms with Gasteiger partial charge < -0.3 is 15.4 Å². The number of fused-ring (bicyclic) bond motifs is 1. The van der Waals surface area contributed by atoms with Crippen molar-refractivity contribution in [2.75, 3.05) is 5.73 Å². The predicted molar refractivity (Wildman–Crippen MR) is 84.2 cm³/mol. The maximum atomic E-state index is 9.68. The Bertz CT molecular complexity index is 896. The quantitative estimate of drug-likeness (QED) is 0.664. The van der Waals surface area contributed by atoms with Crippen molar-refractivity contribution in [3.63, 3.8) is 0 Å². The number of nitrogens with zero attached hydrogens (tertiary/aromatic N) is 4. The first-order valence-electron chi connectivity index (χ1n) is 6.74. The third kappa shape index (κ3) is 2.90. The monoisotopic (exact) mass is 293 g/mol. The molecule has 0 saturated carbocycles. The van der Waals surface area contributed by atoms with Gasteiger partial charge in [0.2, 0.25) is 5.95 Å². The van der Waals surface area contributed by atoms with E-state index in [-0.39, 0.29) is 5.95 Å². The highest BCUT2D eigenvalue weighted by atomic mass is 16.3. The van der Waals surface area contributed by atoms with Crippen molar-refractivity contribution in [1.82, 2.24) is 19.5 Å². The van der Waals surface area contributed by atoms with Crippen molar-refractivity contribution in [2.45, 2.75) is 19.4 Å². The van der Waals surface area contributed by atoms with E-state index in [1.54, 1.807) is 32.3 Å². The normalized spacial score (nSPS) is 11.2. The summed E-state index contributed by atoms with van der Waals surface area (Å²) >= 11 is 0. The number of pyridine rings is 1. The average molecular weight is 293 g/mol. The molecule has 110 valence electrons. The number of rotatable bonds is 1. The molecule has 0 amide bonds. The fourth-order valence-corrected chi connectivity index (χ4v) is 2.01. The Morgan fingerprint density at radius 2 is 2.09 bits per heavy atom. The van der Waals surface area contributed by atoms with Crippen molar-refractivity contribution in [2.24, 2.45) is 0 Å². The van der Waals surface area contributed by atoms with Crippen molar-refractivity contribution >= 4 is 16.9 Å². The summed E-state index contributed by atoms with van der Waals surface area (Å²) in [4.78, 5) is 12.4. The Hall–Kier alpha value is -2.91. The standard InChI is InChI=1S/C16H15N5O/c1-16(2,22)6-3-12-9-13-11(10-19-12)5-8-21(13)14-4-7-18-15(17)20-14/h4-5,7-10,22H,1-2H3,(H2,17,18,20). The number of hydrogen-bond acceptors (Lipinski definition) is 5. The van der Waals surface area contributed by atoms with Crippen LogP contribution in [0.1, 0.15) is 19.5 Å². The largest absolute Gasteiger partial charge is 0.378 e. The number of nitrogen functional groups attached to an aromatic ring is 1. The van der Waals surface area contributed by atoms with Crippen LogP contribution in [0.3, 0.4) is 0 Å². The van der Waals surface area contributed by atoms with Crippen LogP contribution in [0.2, 0.25) is 0 Å².